The smallest absolute Gasteiger partial charge is 0.343 e. The van der Waals surface area contributed by atoms with Crippen molar-refractivity contribution in [3.63, 3.8) is 0 Å². The Morgan fingerprint density at radius 2 is 1.67 bits per heavy atom. The predicted octanol–water partition coefficient (Wildman–Crippen LogP) is 2.74. The second kappa shape index (κ2) is 8.65. The summed E-state index contributed by atoms with van der Waals surface area (Å²) in [5.74, 6) is -1.17. The minimum atomic E-state index is -0.673. The molecule has 0 spiro atoms. The number of anilines is 1. The zero-order valence-electron chi connectivity index (χ0n) is 17.0. The van der Waals surface area contributed by atoms with E-state index in [1.54, 1.807) is 42.2 Å². The molecule has 0 saturated carbocycles. The van der Waals surface area contributed by atoms with Gasteiger partial charge in [-0.25, -0.2) is 4.79 Å². The van der Waals surface area contributed by atoms with Crippen LogP contribution in [0.25, 0.3) is 6.08 Å². The van der Waals surface area contributed by atoms with Crippen LogP contribution in [0.4, 0.5) is 5.69 Å². The van der Waals surface area contributed by atoms with Crippen LogP contribution in [0.5, 0.6) is 5.75 Å². The van der Waals surface area contributed by atoms with Gasteiger partial charge in [0.2, 0.25) is 5.78 Å². The predicted molar refractivity (Wildman–Crippen MR) is 112 cm³/mol. The summed E-state index contributed by atoms with van der Waals surface area (Å²) in [6, 6.07) is 14.5. The van der Waals surface area contributed by atoms with E-state index >= 15 is 0 Å². The first-order valence-electron chi connectivity index (χ1n) is 9.25. The molecule has 154 valence electrons. The highest BCUT2D eigenvalue weighted by atomic mass is 16.5. The lowest BCUT2D eigenvalue weighted by molar-refractivity contribution is -0.137. The fourth-order valence-electron chi connectivity index (χ4n) is 3.16. The van der Waals surface area contributed by atoms with Crippen LogP contribution in [0, 0.1) is 6.92 Å². The van der Waals surface area contributed by atoms with Crippen LogP contribution in [0.15, 0.2) is 65.5 Å². The maximum absolute atomic E-state index is 13.1. The van der Waals surface area contributed by atoms with Crippen molar-refractivity contribution in [2.45, 2.75) is 13.8 Å². The first kappa shape index (κ1) is 20.9. The van der Waals surface area contributed by atoms with Gasteiger partial charge in [-0.3, -0.25) is 9.59 Å². The van der Waals surface area contributed by atoms with Crippen molar-refractivity contribution in [1.82, 2.24) is 0 Å². The Labute approximate surface area is 174 Å². The number of amides is 1. The zero-order valence-corrected chi connectivity index (χ0v) is 17.0. The van der Waals surface area contributed by atoms with E-state index in [1.807, 2.05) is 31.2 Å². The normalized spacial score (nSPS) is 15.0. The number of ether oxygens (including phenoxy) is 2. The molecule has 0 fully saturated rings. The van der Waals surface area contributed by atoms with E-state index < -0.39 is 17.7 Å². The topological polar surface area (TPSA) is 98.9 Å². The van der Waals surface area contributed by atoms with Gasteiger partial charge in [-0.1, -0.05) is 29.8 Å². The van der Waals surface area contributed by atoms with E-state index in [0.717, 1.165) is 16.8 Å². The third-order valence-electron chi connectivity index (χ3n) is 4.64. The molecule has 7 nitrogen and oxygen atoms in total. The van der Waals surface area contributed by atoms with Crippen LogP contribution in [-0.4, -0.2) is 31.4 Å². The third-order valence-corrected chi connectivity index (χ3v) is 4.64. The zero-order chi connectivity index (χ0) is 21.8. The third kappa shape index (κ3) is 4.25. The van der Waals surface area contributed by atoms with Crippen LogP contribution in [-0.2, 0) is 19.1 Å². The molecule has 0 bridgehead atoms. The number of allylic oxidation sites excluding steroid dienone is 2. The fourth-order valence-corrected chi connectivity index (χ4v) is 3.16. The van der Waals surface area contributed by atoms with Crippen molar-refractivity contribution < 1.29 is 23.9 Å². The molecule has 0 atom stereocenters. The summed E-state index contributed by atoms with van der Waals surface area (Å²) < 4.78 is 10.1. The molecule has 1 aliphatic rings. The van der Waals surface area contributed by atoms with Crippen LogP contribution >= 0.6 is 0 Å². The number of primary amides is 1. The molecule has 3 rings (SSSR count). The van der Waals surface area contributed by atoms with E-state index in [9.17, 15) is 14.4 Å². The lowest BCUT2D eigenvalue weighted by Gasteiger charge is -2.21. The van der Waals surface area contributed by atoms with Gasteiger partial charge in [0.05, 0.1) is 12.8 Å². The lowest BCUT2D eigenvalue weighted by Crippen LogP contribution is -2.20. The maximum Gasteiger partial charge on any atom is 0.343 e. The number of rotatable bonds is 6. The van der Waals surface area contributed by atoms with Crippen molar-refractivity contribution in [3.8, 4) is 5.75 Å². The summed E-state index contributed by atoms with van der Waals surface area (Å²) in [7, 11) is 1.25. The average molecular weight is 406 g/mol. The summed E-state index contributed by atoms with van der Waals surface area (Å²) in [6.45, 7) is 3.47. The molecule has 2 aromatic rings. The number of ketones is 1. The second-order valence-corrected chi connectivity index (χ2v) is 6.81. The quantitative estimate of drug-likeness (QED) is 0.450. The van der Waals surface area contributed by atoms with Gasteiger partial charge < -0.3 is 20.1 Å². The number of nitrogens with zero attached hydrogens (tertiary/aromatic N) is 1. The molecular weight excluding hydrogens is 384 g/mol. The number of aryl methyl sites for hydroxylation is 1. The molecule has 0 aliphatic carbocycles. The highest BCUT2D eigenvalue weighted by Crippen LogP contribution is 2.35. The van der Waals surface area contributed by atoms with Gasteiger partial charge in [-0.2, -0.15) is 0 Å². The first-order valence-corrected chi connectivity index (χ1v) is 9.25. The van der Waals surface area contributed by atoms with E-state index in [0.29, 0.717) is 17.1 Å². The van der Waals surface area contributed by atoms with Gasteiger partial charge >= 0.3 is 5.97 Å². The van der Waals surface area contributed by atoms with Crippen molar-refractivity contribution in [2.75, 3.05) is 18.6 Å². The monoisotopic (exact) mass is 406 g/mol. The Morgan fingerprint density at radius 1 is 1.03 bits per heavy atom. The van der Waals surface area contributed by atoms with Gasteiger partial charge in [0.25, 0.3) is 5.91 Å². The number of carbonyl (C=O) groups excluding carboxylic acids is 3. The molecule has 0 unspecified atom stereocenters. The van der Waals surface area contributed by atoms with Crippen molar-refractivity contribution in [2.24, 2.45) is 5.73 Å². The molecule has 0 saturated heterocycles. The van der Waals surface area contributed by atoms with Gasteiger partial charge in [0.15, 0.2) is 6.61 Å². The Bertz CT molecular complexity index is 1050. The maximum atomic E-state index is 13.1. The molecule has 1 heterocycles. The van der Waals surface area contributed by atoms with Crippen molar-refractivity contribution in [3.05, 3.63) is 76.6 Å². The number of nitrogens with two attached hydrogens (primary N) is 1. The molecule has 1 aliphatic heterocycles. The van der Waals surface area contributed by atoms with Crippen LogP contribution in [0.1, 0.15) is 18.1 Å². The van der Waals surface area contributed by atoms with Gasteiger partial charge in [0.1, 0.15) is 11.3 Å². The van der Waals surface area contributed by atoms with Crippen LogP contribution in [0.2, 0.25) is 0 Å². The number of esters is 1. The Balaban J connectivity index is 2.00. The summed E-state index contributed by atoms with van der Waals surface area (Å²) in [6.07, 6.45) is 1.69. The van der Waals surface area contributed by atoms with Crippen LogP contribution < -0.4 is 15.4 Å². The summed E-state index contributed by atoms with van der Waals surface area (Å²) in [5.41, 5.74) is 8.49. The molecule has 7 heteroatoms. The van der Waals surface area contributed by atoms with Gasteiger partial charge in [0, 0.05) is 11.4 Å². The molecule has 0 radical (unpaired) electrons. The van der Waals surface area contributed by atoms with Gasteiger partial charge in [-0.05, 0) is 49.8 Å². The van der Waals surface area contributed by atoms with E-state index in [-0.39, 0.29) is 12.2 Å². The molecule has 0 aromatic heterocycles. The Hall–Kier alpha value is -3.87. The molecule has 1 amide bonds. The highest BCUT2D eigenvalue weighted by molar-refractivity contribution is 6.30. The van der Waals surface area contributed by atoms with Crippen molar-refractivity contribution >= 4 is 29.4 Å². The average Bonchev–Trinajstić information content (AvgIpc) is 2.97. The first-order chi connectivity index (χ1) is 14.3. The lowest BCUT2D eigenvalue weighted by atomic mass is 10.1. The largest absolute Gasteiger partial charge is 0.484 e. The van der Waals surface area contributed by atoms with E-state index in [2.05, 4.69) is 0 Å². The number of hydrogen-bond donors (Lipinski definition) is 1. The number of hydrogen-bond acceptors (Lipinski definition) is 6. The van der Waals surface area contributed by atoms with E-state index in [1.165, 1.54) is 7.11 Å². The fraction of sp³-hybridized carbons (Fsp3) is 0.174. The summed E-state index contributed by atoms with van der Waals surface area (Å²) >= 11 is 0. The number of Topliss-reactive ketones (excluding diaryl/α,β-unsaturated/α-hetero) is 1. The van der Waals surface area contributed by atoms with E-state index in [4.69, 9.17) is 15.2 Å². The van der Waals surface area contributed by atoms with Crippen LogP contribution in [0.3, 0.4) is 0 Å². The standard InChI is InChI=1S/C23H22N2O5/c1-14-4-8-17(9-5-14)25-15(2)21(23(28)29-3)22(27)19(25)12-16-6-10-18(11-7-16)30-13-20(24)26/h4-12H,13H2,1-3H3,(H2,24,26)/b19-12+. The summed E-state index contributed by atoms with van der Waals surface area (Å²) in [4.78, 5) is 37.9. The molecule has 2 N–H and O–H groups in total. The molecule has 2 aromatic carbocycles. The van der Waals surface area contributed by atoms with Crippen molar-refractivity contribution in [1.29, 1.82) is 0 Å². The molecule has 30 heavy (non-hydrogen) atoms. The summed E-state index contributed by atoms with van der Waals surface area (Å²) in [5, 5.41) is 0. The highest BCUT2D eigenvalue weighted by Gasteiger charge is 2.38. The minimum absolute atomic E-state index is 0.00531. The SMILES string of the molecule is COC(=O)C1=C(C)N(c2ccc(C)cc2)/C(=C/c2ccc(OCC(N)=O)cc2)C1=O. The second-order valence-electron chi connectivity index (χ2n) is 6.81. The number of benzene rings is 2. The minimum Gasteiger partial charge on any atom is -0.484 e. The Morgan fingerprint density at radius 3 is 2.23 bits per heavy atom. The Kier molecular flexibility index (Phi) is 6.01. The van der Waals surface area contributed by atoms with Gasteiger partial charge in [-0.15, -0.1) is 0 Å². The number of carbonyl (C=O) groups is 3. The molecular formula is C23H22N2O5. The number of methoxy groups -OCH3 is 1.